The van der Waals surface area contributed by atoms with E-state index in [0.717, 1.165) is 42.5 Å². The number of halogens is 1. The van der Waals surface area contributed by atoms with E-state index in [9.17, 15) is 4.21 Å². The highest BCUT2D eigenvalue weighted by atomic mass is 127. The lowest BCUT2D eigenvalue weighted by atomic mass is 10.1. The summed E-state index contributed by atoms with van der Waals surface area (Å²) in [4.78, 5) is 4.52. The first kappa shape index (κ1) is 26.0. The molecule has 0 saturated heterocycles. The van der Waals surface area contributed by atoms with Crippen molar-refractivity contribution in [2.24, 2.45) is 4.99 Å². The van der Waals surface area contributed by atoms with Crippen LogP contribution in [0.4, 0.5) is 0 Å². The quantitative estimate of drug-likeness (QED) is 0.303. The SMILES string of the molecule is CCNC(=NCCS(=O)C(C)(C)C)NCCc1ccc(OC)c(OC)c1.I. The van der Waals surface area contributed by atoms with Crippen LogP contribution in [0.1, 0.15) is 33.3 Å². The molecule has 1 unspecified atom stereocenters. The maximum Gasteiger partial charge on any atom is 0.191 e. The molecular formula is C19H34IN3O3S. The minimum Gasteiger partial charge on any atom is -0.493 e. The Balaban J connectivity index is 0.00000676. The summed E-state index contributed by atoms with van der Waals surface area (Å²) in [5.41, 5.74) is 1.15. The van der Waals surface area contributed by atoms with Crippen LogP contribution in [0.25, 0.3) is 0 Å². The lowest BCUT2D eigenvalue weighted by Crippen LogP contribution is -2.38. The Labute approximate surface area is 183 Å². The second-order valence-electron chi connectivity index (χ2n) is 6.79. The van der Waals surface area contributed by atoms with Gasteiger partial charge in [-0.3, -0.25) is 9.20 Å². The van der Waals surface area contributed by atoms with E-state index in [1.54, 1.807) is 14.2 Å². The Hall–Kier alpha value is -1.03. The van der Waals surface area contributed by atoms with Crippen molar-refractivity contribution in [3.05, 3.63) is 23.8 Å². The molecule has 0 fully saturated rings. The normalized spacial score (nSPS) is 12.7. The molecule has 156 valence electrons. The number of nitrogens with one attached hydrogen (secondary N) is 2. The Kier molecular flexibility index (Phi) is 12.7. The Bertz CT molecular complexity index is 619. The van der Waals surface area contributed by atoms with E-state index in [1.165, 1.54) is 0 Å². The molecule has 1 rings (SSSR count). The number of rotatable bonds is 9. The van der Waals surface area contributed by atoms with Crippen LogP contribution in [0.2, 0.25) is 0 Å². The van der Waals surface area contributed by atoms with E-state index < -0.39 is 10.8 Å². The van der Waals surface area contributed by atoms with E-state index in [-0.39, 0.29) is 28.7 Å². The summed E-state index contributed by atoms with van der Waals surface area (Å²) >= 11 is 0. The lowest BCUT2D eigenvalue weighted by Gasteiger charge is -2.17. The van der Waals surface area contributed by atoms with E-state index in [2.05, 4.69) is 15.6 Å². The van der Waals surface area contributed by atoms with E-state index in [0.29, 0.717) is 12.3 Å². The van der Waals surface area contributed by atoms with Crippen molar-refractivity contribution in [1.29, 1.82) is 0 Å². The molecular weight excluding hydrogens is 477 g/mol. The van der Waals surface area contributed by atoms with Gasteiger partial charge in [-0.25, -0.2) is 0 Å². The number of benzene rings is 1. The molecule has 6 nitrogen and oxygen atoms in total. The molecule has 0 aliphatic carbocycles. The van der Waals surface area contributed by atoms with Gasteiger partial charge in [0.1, 0.15) is 0 Å². The summed E-state index contributed by atoms with van der Waals surface area (Å²) in [5.74, 6) is 2.77. The third-order valence-corrected chi connectivity index (χ3v) is 5.65. The molecule has 0 amide bonds. The van der Waals surface area contributed by atoms with Gasteiger partial charge in [0.05, 0.1) is 20.8 Å². The first-order chi connectivity index (χ1) is 12.3. The lowest BCUT2D eigenvalue weighted by molar-refractivity contribution is 0.354. The maximum absolute atomic E-state index is 12.1. The van der Waals surface area contributed by atoms with Gasteiger partial charge in [-0.05, 0) is 51.8 Å². The molecule has 2 N–H and O–H groups in total. The van der Waals surface area contributed by atoms with Gasteiger partial charge in [-0.15, -0.1) is 24.0 Å². The average molecular weight is 511 g/mol. The summed E-state index contributed by atoms with van der Waals surface area (Å²) in [7, 11) is 2.38. The van der Waals surface area contributed by atoms with Gasteiger partial charge in [0, 0.05) is 34.4 Å². The van der Waals surface area contributed by atoms with Crippen molar-refractivity contribution in [3.63, 3.8) is 0 Å². The predicted octanol–water partition coefficient (Wildman–Crippen LogP) is 2.97. The van der Waals surface area contributed by atoms with E-state index >= 15 is 0 Å². The number of nitrogens with zero attached hydrogens (tertiary/aromatic N) is 1. The standard InChI is InChI=1S/C19H33N3O3S.HI/c1-7-20-18(22-12-13-26(23)19(2,3)4)21-11-10-15-8-9-16(24-5)17(14-15)25-6;/h8-9,14H,7,10-13H2,1-6H3,(H2,20,21,22);1H. The van der Waals surface area contributed by atoms with Crippen molar-refractivity contribution >= 4 is 40.7 Å². The zero-order valence-corrected chi connectivity index (χ0v) is 20.4. The second kappa shape index (κ2) is 13.2. The van der Waals surface area contributed by atoms with Crippen LogP contribution in [0.15, 0.2) is 23.2 Å². The zero-order valence-electron chi connectivity index (χ0n) is 17.3. The molecule has 1 aromatic rings. The Morgan fingerprint density at radius 3 is 2.37 bits per heavy atom. The maximum atomic E-state index is 12.1. The van der Waals surface area contributed by atoms with Crippen LogP contribution in [0, 0.1) is 0 Å². The van der Waals surface area contributed by atoms with Crippen LogP contribution in [-0.2, 0) is 17.2 Å². The number of hydrogen-bond acceptors (Lipinski definition) is 4. The van der Waals surface area contributed by atoms with Gasteiger partial charge in [-0.1, -0.05) is 6.07 Å². The van der Waals surface area contributed by atoms with Gasteiger partial charge in [0.15, 0.2) is 17.5 Å². The van der Waals surface area contributed by atoms with E-state index in [1.807, 2.05) is 45.9 Å². The first-order valence-electron chi connectivity index (χ1n) is 8.93. The molecule has 0 aliphatic heterocycles. The number of guanidine groups is 1. The van der Waals surface area contributed by atoms with Crippen LogP contribution in [0.5, 0.6) is 11.5 Å². The van der Waals surface area contributed by atoms with Gasteiger partial charge in [0.2, 0.25) is 0 Å². The molecule has 0 aromatic heterocycles. The molecule has 0 saturated carbocycles. The minimum absolute atomic E-state index is 0. The molecule has 0 spiro atoms. The highest BCUT2D eigenvalue weighted by molar-refractivity contribution is 14.0. The highest BCUT2D eigenvalue weighted by Crippen LogP contribution is 2.27. The monoisotopic (exact) mass is 511 g/mol. The van der Waals surface area contributed by atoms with Crippen LogP contribution in [-0.4, -0.2) is 54.5 Å². The van der Waals surface area contributed by atoms with Crippen LogP contribution < -0.4 is 20.1 Å². The fourth-order valence-corrected chi connectivity index (χ4v) is 3.12. The van der Waals surface area contributed by atoms with Crippen molar-refractivity contribution in [1.82, 2.24) is 10.6 Å². The fourth-order valence-electron chi connectivity index (χ4n) is 2.25. The van der Waals surface area contributed by atoms with Gasteiger partial charge < -0.3 is 20.1 Å². The minimum atomic E-state index is -0.889. The summed E-state index contributed by atoms with van der Waals surface area (Å²) < 4.78 is 22.5. The van der Waals surface area contributed by atoms with E-state index in [4.69, 9.17) is 9.47 Å². The topological polar surface area (TPSA) is 72.0 Å². The number of hydrogen-bond donors (Lipinski definition) is 2. The van der Waals surface area contributed by atoms with Gasteiger partial charge >= 0.3 is 0 Å². The van der Waals surface area contributed by atoms with Crippen molar-refractivity contribution in [2.75, 3.05) is 39.6 Å². The van der Waals surface area contributed by atoms with Crippen LogP contribution >= 0.6 is 24.0 Å². The molecule has 1 atom stereocenters. The number of methoxy groups -OCH3 is 2. The predicted molar refractivity (Wildman–Crippen MR) is 125 cm³/mol. The average Bonchev–Trinajstić information content (AvgIpc) is 2.60. The molecule has 0 aliphatic rings. The van der Waals surface area contributed by atoms with Gasteiger partial charge in [0.25, 0.3) is 0 Å². The van der Waals surface area contributed by atoms with Crippen molar-refractivity contribution in [3.8, 4) is 11.5 Å². The Morgan fingerprint density at radius 2 is 1.81 bits per heavy atom. The highest BCUT2D eigenvalue weighted by Gasteiger charge is 2.18. The third kappa shape index (κ3) is 9.64. The van der Waals surface area contributed by atoms with Gasteiger partial charge in [-0.2, -0.15) is 0 Å². The number of aliphatic imine (C=N–C) groups is 1. The van der Waals surface area contributed by atoms with Crippen molar-refractivity contribution in [2.45, 2.75) is 38.9 Å². The summed E-state index contributed by atoms with van der Waals surface area (Å²) in [6.45, 7) is 10.0. The zero-order chi connectivity index (χ0) is 19.6. The summed E-state index contributed by atoms with van der Waals surface area (Å²) in [6.07, 6.45) is 0.832. The first-order valence-corrected chi connectivity index (χ1v) is 10.2. The molecule has 8 heteroatoms. The van der Waals surface area contributed by atoms with Crippen molar-refractivity contribution < 1.29 is 13.7 Å². The summed E-state index contributed by atoms with van der Waals surface area (Å²) in [5, 5.41) is 6.53. The fraction of sp³-hybridized carbons (Fsp3) is 0.632. The van der Waals surface area contributed by atoms with Crippen LogP contribution in [0.3, 0.4) is 0 Å². The molecule has 0 heterocycles. The largest absolute Gasteiger partial charge is 0.493 e. The summed E-state index contributed by atoms with van der Waals surface area (Å²) in [6, 6.07) is 5.92. The second-order valence-corrected chi connectivity index (χ2v) is 9.11. The molecule has 0 radical (unpaired) electrons. The number of ether oxygens (including phenoxy) is 2. The molecule has 27 heavy (non-hydrogen) atoms. The smallest absolute Gasteiger partial charge is 0.191 e. The third-order valence-electron chi connectivity index (χ3n) is 3.73. The molecule has 1 aromatic carbocycles. The Morgan fingerprint density at radius 1 is 1.15 bits per heavy atom. The molecule has 0 bridgehead atoms.